The van der Waals surface area contributed by atoms with Gasteiger partial charge in [-0.3, -0.25) is 0 Å². The summed E-state index contributed by atoms with van der Waals surface area (Å²) in [6.07, 6.45) is 2.72. The van der Waals surface area contributed by atoms with Crippen LogP contribution in [0.1, 0.15) is 31.2 Å². The van der Waals surface area contributed by atoms with Crippen molar-refractivity contribution in [2.24, 2.45) is 11.8 Å². The van der Waals surface area contributed by atoms with E-state index >= 15 is 0 Å². The molecule has 0 aromatic carbocycles. The van der Waals surface area contributed by atoms with Crippen molar-refractivity contribution in [1.29, 1.82) is 0 Å². The number of aromatic nitrogens is 1. The average Bonchev–Trinajstić information content (AvgIpc) is 2.45. The van der Waals surface area contributed by atoms with Gasteiger partial charge in [0.1, 0.15) is 0 Å². The third-order valence-corrected chi connectivity index (χ3v) is 3.88. The average molecular weight is 300 g/mol. The molecule has 1 saturated carbocycles. The lowest BCUT2D eigenvalue weighted by Gasteiger charge is -2.28. The van der Waals surface area contributed by atoms with E-state index in [1.165, 1.54) is 13.3 Å². The minimum Gasteiger partial charge on any atom is -0.481 e. The van der Waals surface area contributed by atoms with Crippen molar-refractivity contribution in [2.75, 3.05) is 12.8 Å². The summed E-state index contributed by atoms with van der Waals surface area (Å²) < 4.78 is 43.0. The van der Waals surface area contributed by atoms with Crippen LogP contribution in [0.4, 0.5) is 18.9 Å². The van der Waals surface area contributed by atoms with Crippen molar-refractivity contribution < 1.29 is 17.9 Å². The maximum atomic E-state index is 12.6. The summed E-state index contributed by atoms with van der Waals surface area (Å²) in [6, 6.07) is 1.74. The monoisotopic (exact) mass is 300 g/mol. The van der Waals surface area contributed by atoms with Gasteiger partial charge in [-0.25, -0.2) is 4.98 Å². The molecule has 0 spiro atoms. The van der Waals surface area contributed by atoms with Gasteiger partial charge in [0.05, 0.1) is 24.9 Å². The standard InChI is InChI=1S/C15H19F3N2O/c1-21-14-11(8-13(19)9-20-14)5-2-10-3-6-12(7-4-10)15(16,17)18/h2,5,8-10,12H,3-4,6-7,19H2,1H3/b5-2+/t10-,12-. The van der Waals surface area contributed by atoms with Gasteiger partial charge >= 0.3 is 6.18 Å². The molecule has 0 saturated heterocycles. The number of hydrogen-bond donors (Lipinski definition) is 1. The Kier molecular flexibility index (Phi) is 4.75. The predicted molar refractivity (Wildman–Crippen MR) is 75.7 cm³/mol. The van der Waals surface area contributed by atoms with E-state index < -0.39 is 12.1 Å². The number of anilines is 1. The number of alkyl halides is 3. The second kappa shape index (κ2) is 6.37. The fourth-order valence-electron chi connectivity index (χ4n) is 2.65. The molecule has 0 bridgehead atoms. The minimum atomic E-state index is -4.06. The Labute approximate surface area is 122 Å². The Hall–Kier alpha value is -1.72. The van der Waals surface area contributed by atoms with E-state index in [0.717, 1.165) is 5.56 Å². The molecular formula is C15H19F3N2O. The Bertz CT molecular complexity index is 506. The summed E-state index contributed by atoms with van der Waals surface area (Å²) in [5, 5.41) is 0. The molecule has 6 heteroatoms. The molecule has 0 unspecified atom stereocenters. The maximum Gasteiger partial charge on any atom is 0.391 e. The maximum absolute atomic E-state index is 12.6. The Morgan fingerprint density at radius 1 is 1.29 bits per heavy atom. The van der Waals surface area contributed by atoms with Gasteiger partial charge in [0.15, 0.2) is 0 Å². The van der Waals surface area contributed by atoms with Gasteiger partial charge < -0.3 is 10.5 Å². The molecule has 0 radical (unpaired) electrons. The molecule has 0 amide bonds. The van der Waals surface area contributed by atoms with Crippen LogP contribution in [0.15, 0.2) is 18.3 Å². The number of nitrogens with two attached hydrogens (primary N) is 1. The van der Waals surface area contributed by atoms with Crippen LogP contribution in [0.3, 0.4) is 0 Å². The van der Waals surface area contributed by atoms with E-state index in [1.807, 2.05) is 12.2 Å². The number of allylic oxidation sites excluding steroid dienone is 1. The first kappa shape index (κ1) is 15.7. The molecule has 1 aliphatic carbocycles. The Morgan fingerprint density at radius 3 is 2.52 bits per heavy atom. The fourth-order valence-corrected chi connectivity index (χ4v) is 2.65. The molecule has 0 atom stereocenters. The van der Waals surface area contributed by atoms with Crippen LogP contribution in [0.2, 0.25) is 0 Å². The minimum absolute atomic E-state index is 0.162. The highest BCUT2D eigenvalue weighted by Crippen LogP contribution is 2.40. The van der Waals surface area contributed by atoms with E-state index in [9.17, 15) is 13.2 Å². The normalized spacial score (nSPS) is 23.4. The molecule has 3 nitrogen and oxygen atoms in total. The molecule has 1 fully saturated rings. The van der Waals surface area contributed by atoms with Crippen molar-refractivity contribution in [3.05, 3.63) is 23.9 Å². The summed E-state index contributed by atoms with van der Waals surface area (Å²) in [6.45, 7) is 0. The lowest BCUT2D eigenvalue weighted by Crippen LogP contribution is -2.27. The zero-order valence-corrected chi connectivity index (χ0v) is 11.9. The van der Waals surface area contributed by atoms with Crippen LogP contribution in [-0.2, 0) is 0 Å². The number of halogens is 3. The summed E-state index contributed by atoms with van der Waals surface area (Å²) in [4.78, 5) is 4.06. The van der Waals surface area contributed by atoms with Gasteiger partial charge in [-0.1, -0.05) is 12.2 Å². The number of pyridine rings is 1. The number of rotatable bonds is 3. The topological polar surface area (TPSA) is 48.1 Å². The molecule has 1 aromatic heterocycles. The van der Waals surface area contributed by atoms with Gasteiger partial charge in [0.25, 0.3) is 0 Å². The number of nitrogen functional groups attached to an aromatic ring is 1. The molecule has 21 heavy (non-hydrogen) atoms. The van der Waals surface area contributed by atoms with Crippen molar-refractivity contribution >= 4 is 11.8 Å². The van der Waals surface area contributed by atoms with Crippen LogP contribution in [0.5, 0.6) is 5.88 Å². The first-order valence-corrected chi connectivity index (χ1v) is 6.94. The predicted octanol–water partition coefficient (Wildman–Crippen LogP) is 4.05. The molecule has 2 N–H and O–H groups in total. The molecule has 1 heterocycles. The lowest BCUT2D eigenvalue weighted by atomic mass is 9.81. The van der Waals surface area contributed by atoms with Gasteiger partial charge in [0.2, 0.25) is 5.88 Å². The molecule has 1 aliphatic rings. The van der Waals surface area contributed by atoms with Crippen LogP contribution < -0.4 is 10.5 Å². The van der Waals surface area contributed by atoms with Crippen LogP contribution in [-0.4, -0.2) is 18.3 Å². The zero-order chi connectivity index (χ0) is 15.5. The molecular weight excluding hydrogens is 281 g/mol. The van der Waals surface area contributed by atoms with Crippen LogP contribution in [0.25, 0.3) is 6.08 Å². The van der Waals surface area contributed by atoms with Gasteiger partial charge in [0, 0.05) is 5.56 Å². The molecule has 2 rings (SSSR count). The van der Waals surface area contributed by atoms with Crippen molar-refractivity contribution in [2.45, 2.75) is 31.9 Å². The SMILES string of the molecule is COc1ncc(N)cc1/C=C/[C@H]1CC[C@H](C(F)(F)F)CC1. The number of ether oxygens (including phenoxy) is 1. The van der Waals surface area contributed by atoms with E-state index in [2.05, 4.69) is 4.98 Å². The van der Waals surface area contributed by atoms with Gasteiger partial charge in [-0.05, 0) is 37.7 Å². The Balaban J connectivity index is 1.99. The third-order valence-electron chi connectivity index (χ3n) is 3.88. The fraction of sp³-hybridized carbons (Fsp3) is 0.533. The van der Waals surface area contributed by atoms with Crippen LogP contribution >= 0.6 is 0 Å². The molecule has 116 valence electrons. The summed E-state index contributed by atoms with van der Waals surface area (Å²) in [5.41, 5.74) is 6.95. The largest absolute Gasteiger partial charge is 0.481 e. The Morgan fingerprint density at radius 2 is 1.95 bits per heavy atom. The quantitative estimate of drug-likeness (QED) is 0.916. The first-order chi connectivity index (χ1) is 9.90. The van der Waals surface area contributed by atoms with E-state index in [-0.39, 0.29) is 18.8 Å². The number of methoxy groups -OCH3 is 1. The van der Waals surface area contributed by atoms with Crippen molar-refractivity contribution in [3.63, 3.8) is 0 Å². The highest BCUT2D eigenvalue weighted by atomic mass is 19.4. The summed E-state index contributed by atoms with van der Waals surface area (Å²) >= 11 is 0. The molecule has 1 aromatic rings. The lowest BCUT2D eigenvalue weighted by molar-refractivity contribution is -0.183. The first-order valence-electron chi connectivity index (χ1n) is 6.94. The summed E-state index contributed by atoms with van der Waals surface area (Å²) in [5.74, 6) is -0.523. The second-order valence-electron chi connectivity index (χ2n) is 5.38. The van der Waals surface area contributed by atoms with E-state index in [4.69, 9.17) is 10.5 Å². The highest BCUT2D eigenvalue weighted by molar-refractivity contribution is 5.59. The third kappa shape index (κ3) is 4.12. The number of nitrogens with zero attached hydrogens (tertiary/aromatic N) is 1. The molecule has 0 aliphatic heterocycles. The van der Waals surface area contributed by atoms with E-state index in [1.54, 1.807) is 6.07 Å². The zero-order valence-electron chi connectivity index (χ0n) is 11.9. The van der Waals surface area contributed by atoms with Crippen molar-refractivity contribution in [3.8, 4) is 5.88 Å². The number of hydrogen-bond acceptors (Lipinski definition) is 3. The second-order valence-corrected chi connectivity index (χ2v) is 5.38. The van der Waals surface area contributed by atoms with E-state index in [0.29, 0.717) is 24.4 Å². The van der Waals surface area contributed by atoms with Crippen molar-refractivity contribution in [1.82, 2.24) is 4.98 Å². The smallest absolute Gasteiger partial charge is 0.391 e. The van der Waals surface area contributed by atoms with Crippen LogP contribution in [0, 0.1) is 11.8 Å². The summed E-state index contributed by atoms with van der Waals surface area (Å²) in [7, 11) is 1.52. The van der Waals surface area contributed by atoms with Gasteiger partial charge in [-0.2, -0.15) is 13.2 Å². The van der Waals surface area contributed by atoms with Gasteiger partial charge in [-0.15, -0.1) is 0 Å². The highest BCUT2D eigenvalue weighted by Gasteiger charge is 2.40.